The largest absolute Gasteiger partial charge is 0.481 e. The summed E-state index contributed by atoms with van der Waals surface area (Å²) in [6, 6.07) is -2.55. The van der Waals surface area contributed by atoms with Gasteiger partial charge in [0.15, 0.2) is 6.04 Å². The first-order valence-corrected chi connectivity index (χ1v) is 7.65. The first-order chi connectivity index (χ1) is 10.6. The molecule has 23 heavy (non-hydrogen) atoms. The number of ether oxygens (including phenoxy) is 1. The number of aliphatic hydroxyl groups excluding tert-OH is 1. The highest BCUT2D eigenvalue weighted by molar-refractivity contribution is 5.89. The number of aliphatic hydroxyl groups is 1. The van der Waals surface area contributed by atoms with E-state index >= 15 is 0 Å². The Balaban J connectivity index is 2.64. The minimum Gasteiger partial charge on any atom is -0.481 e. The molecule has 1 aliphatic rings. The molecule has 1 rings (SSSR count). The fourth-order valence-electron chi connectivity index (χ4n) is 2.33. The smallest absolute Gasteiger partial charge is 0.331 e. The van der Waals surface area contributed by atoms with Crippen molar-refractivity contribution in [1.29, 1.82) is 0 Å². The summed E-state index contributed by atoms with van der Waals surface area (Å²) in [5.74, 6) is -2.49. The molecule has 0 saturated heterocycles. The average molecular weight is 330 g/mol. The van der Waals surface area contributed by atoms with E-state index < -0.39 is 43.0 Å². The van der Waals surface area contributed by atoms with Crippen LogP contribution < -0.4 is 11.1 Å². The van der Waals surface area contributed by atoms with Gasteiger partial charge in [0.25, 0.3) is 0 Å². The van der Waals surface area contributed by atoms with Crippen molar-refractivity contribution in [2.24, 2.45) is 17.1 Å². The number of nitrogens with two attached hydrogens (primary N) is 1. The predicted molar refractivity (Wildman–Crippen MR) is 81.3 cm³/mol. The van der Waals surface area contributed by atoms with Gasteiger partial charge in [-0.15, -0.1) is 0 Å². The van der Waals surface area contributed by atoms with Crippen LogP contribution in [0.15, 0.2) is 0 Å². The van der Waals surface area contributed by atoms with E-state index in [2.05, 4.69) is 5.32 Å². The van der Waals surface area contributed by atoms with Crippen molar-refractivity contribution in [3.05, 3.63) is 0 Å². The van der Waals surface area contributed by atoms with Crippen LogP contribution in [0.25, 0.3) is 0 Å². The summed E-state index contributed by atoms with van der Waals surface area (Å²) in [5.41, 5.74) is 5.17. The number of amides is 1. The van der Waals surface area contributed by atoms with Gasteiger partial charge in [0.2, 0.25) is 5.91 Å². The lowest BCUT2D eigenvalue weighted by Crippen LogP contribution is -2.52. The van der Waals surface area contributed by atoms with Crippen LogP contribution >= 0.6 is 0 Å². The number of carbonyl (C=O) groups excluding carboxylic acids is 2. The fourth-order valence-corrected chi connectivity index (χ4v) is 2.33. The number of hydrogen-bond donors (Lipinski definition) is 4. The van der Waals surface area contributed by atoms with Crippen molar-refractivity contribution in [2.45, 2.75) is 58.2 Å². The highest BCUT2D eigenvalue weighted by Crippen LogP contribution is 2.42. The predicted octanol–water partition coefficient (Wildman–Crippen LogP) is -0.367. The zero-order valence-corrected chi connectivity index (χ0v) is 13.7. The molecule has 0 aliphatic heterocycles. The van der Waals surface area contributed by atoms with Crippen LogP contribution in [-0.2, 0) is 19.1 Å². The molecule has 5 N–H and O–H groups in total. The van der Waals surface area contributed by atoms with E-state index in [9.17, 15) is 19.5 Å². The quantitative estimate of drug-likeness (QED) is 0.445. The van der Waals surface area contributed by atoms with Crippen molar-refractivity contribution in [2.75, 3.05) is 6.61 Å². The molecular formula is C15H26N2O6. The van der Waals surface area contributed by atoms with E-state index in [-0.39, 0.29) is 11.5 Å². The molecule has 0 aromatic heterocycles. The van der Waals surface area contributed by atoms with Crippen LogP contribution in [0, 0.1) is 11.3 Å². The molecule has 3 atom stereocenters. The van der Waals surface area contributed by atoms with Gasteiger partial charge in [0, 0.05) is 0 Å². The lowest BCUT2D eigenvalue weighted by molar-refractivity contribution is -0.161. The topological polar surface area (TPSA) is 139 Å². The van der Waals surface area contributed by atoms with Gasteiger partial charge in [-0.1, -0.05) is 20.8 Å². The number of carboxylic acid groups (broad SMARTS) is 1. The molecule has 8 nitrogen and oxygen atoms in total. The van der Waals surface area contributed by atoms with Gasteiger partial charge in [-0.2, -0.15) is 0 Å². The normalized spacial score (nSPS) is 18.7. The average Bonchev–Trinajstić information content (AvgIpc) is 3.23. The van der Waals surface area contributed by atoms with Crippen LogP contribution in [-0.4, -0.2) is 52.9 Å². The van der Waals surface area contributed by atoms with Crippen LogP contribution in [0.5, 0.6) is 0 Å². The molecule has 1 fully saturated rings. The monoisotopic (exact) mass is 330 g/mol. The number of carbonyl (C=O) groups is 3. The van der Waals surface area contributed by atoms with Gasteiger partial charge < -0.3 is 26.0 Å². The lowest BCUT2D eigenvalue weighted by atomic mass is 9.86. The molecule has 0 radical (unpaired) electrons. The van der Waals surface area contributed by atoms with E-state index in [1.807, 2.05) is 20.8 Å². The molecule has 0 heterocycles. The Kier molecular flexibility index (Phi) is 6.52. The molecule has 0 aromatic rings. The van der Waals surface area contributed by atoms with Crippen molar-refractivity contribution < 1.29 is 29.3 Å². The minimum atomic E-state index is -1.30. The Morgan fingerprint density at radius 2 is 1.87 bits per heavy atom. The number of hydrogen-bond acceptors (Lipinski definition) is 6. The van der Waals surface area contributed by atoms with Gasteiger partial charge in [-0.25, -0.2) is 4.79 Å². The highest BCUT2D eigenvalue weighted by atomic mass is 16.5. The Hall–Kier alpha value is -1.67. The SMILES string of the molecule is CC(C)(C)C(OC(=O)[C@@H](CO)NC(=O)[C@@H](N)CC(=O)O)C1CC1. The van der Waals surface area contributed by atoms with Crippen LogP contribution in [0.1, 0.15) is 40.0 Å². The molecule has 0 aromatic carbocycles. The van der Waals surface area contributed by atoms with Gasteiger partial charge in [-0.3, -0.25) is 9.59 Å². The van der Waals surface area contributed by atoms with E-state index in [1.165, 1.54) is 0 Å². The third kappa shape index (κ3) is 6.15. The third-order valence-corrected chi connectivity index (χ3v) is 3.66. The van der Waals surface area contributed by atoms with Gasteiger partial charge >= 0.3 is 11.9 Å². The second kappa shape index (κ2) is 7.74. The summed E-state index contributed by atoms with van der Waals surface area (Å²) in [5, 5.41) is 20.2. The molecule has 1 saturated carbocycles. The zero-order chi connectivity index (χ0) is 17.8. The molecule has 1 aliphatic carbocycles. The van der Waals surface area contributed by atoms with E-state index in [0.717, 1.165) is 12.8 Å². The highest BCUT2D eigenvalue weighted by Gasteiger charge is 2.42. The van der Waals surface area contributed by atoms with Crippen molar-refractivity contribution in [1.82, 2.24) is 5.32 Å². The van der Waals surface area contributed by atoms with Crippen molar-refractivity contribution >= 4 is 17.8 Å². The molecule has 0 bridgehead atoms. The second-order valence-corrected chi connectivity index (χ2v) is 7.01. The maximum absolute atomic E-state index is 12.2. The maximum Gasteiger partial charge on any atom is 0.331 e. The summed E-state index contributed by atoms with van der Waals surface area (Å²) in [4.78, 5) is 34.5. The minimum absolute atomic E-state index is 0.249. The van der Waals surface area contributed by atoms with Gasteiger partial charge in [0.05, 0.1) is 19.1 Å². The number of rotatable bonds is 8. The Bertz CT molecular complexity index is 455. The van der Waals surface area contributed by atoms with Crippen LogP contribution in [0.3, 0.4) is 0 Å². The Morgan fingerprint density at radius 3 is 2.26 bits per heavy atom. The first kappa shape index (κ1) is 19.4. The van der Waals surface area contributed by atoms with Crippen LogP contribution in [0.4, 0.5) is 0 Å². The van der Waals surface area contributed by atoms with Gasteiger partial charge in [0.1, 0.15) is 6.10 Å². The van der Waals surface area contributed by atoms with Crippen LogP contribution in [0.2, 0.25) is 0 Å². The number of esters is 1. The number of carboxylic acids is 1. The van der Waals surface area contributed by atoms with E-state index in [0.29, 0.717) is 5.92 Å². The molecule has 132 valence electrons. The second-order valence-electron chi connectivity index (χ2n) is 7.01. The number of nitrogens with one attached hydrogen (secondary N) is 1. The maximum atomic E-state index is 12.2. The third-order valence-electron chi connectivity index (χ3n) is 3.66. The van der Waals surface area contributed by atoms with Crippen molar-refractivity contribution in [3.63, 3.8) is 0 Å². The van der Waals surface area contributed by atoms with E-state index in [1.54, 1.807) is 0 Å². The standard InChI is InChI=1S/C15H26N2O6/c1-15(2,3)12(8-4-5-8)23-14(22)10(7-18)17-13(21)9(16)6-11(19)20/h8-10,12,18H,4-7,16H2,1-3H3,(H,17,21)(H,19,20)/t9-,10+,12?/m0/s1. The molecule has 0 spiro atoms. The summed E-state index contributed by atoms with van der Waals surface area (Å²) >= 11 is 0. The molecule has 8 heteroatoms. The fraction of sp³-hybridized carbons (Fsp3) is 0.800. The molecule has 1 amide bonds. The summed E-state index contributed by atoms with van der Waals surface area (Å²) in [6.45, 7) is 5.22. The van der Waals surface area contributed by atoms with Crippen molar-refractivity contribution in [3.8, 4) is 0 Å². The summed E-state index contributed by atoms with van der Waals surface area (Å²) in [7, 11) is 0. The zero-order valence-electron chi connectivity index (χ0n) is 13.7. The van der Waals surface area contributed by atoms with E-state index in [4.69, 9.17) is 15.6 Å². The number of aliphatic carboxylic acids is 1. The Morgan fingerprint density at radius 1 is 1.30 bits per heavy atom. The summed E-state index contributed by atoms with van der Waals surface area (Å²) in [6.07, 6.45) is 1.10. The first-order valence-electron chi connectivity index (χ1n) is 7.65. The molecule has 1 unspecified atom stereocenters. The van der Waals surface area contributed by atoms with Gasteiger partial charge in [-0.05, 0) is 24.2 Å². The Labute approximate surface area is 135 Å². The molecular weight excluding hydrogens is 304 g/mol. The lowest BCUT2D eigenvalue weighted by Gasteiger charge is -2.31. The summed E-state index contributed by atoms with van der Waals surface area (Å²) < 4.78 is 5.48.